The van der Waals surface area contributed by atoms with Crippen LogP contribution in [-0.4, -0.2) is 22.4 Å². The highest BCUT2D eigenvalue weighted by molar-refractivity contribution is 4.71. The summed E-state index contributed by atoms with van der Waals surface area (Å²) >= 11 is 0. The Balaban J connectivity index is 3.70. The summed E-state index contributed by atoms with van der Waals surface area (Å²) in [6.45, 7) is 5.99. The van der Waals surface area contributed by atoms with Crippen LogP contribution in [0.15, 0.2) is 0 Å². The number of aliphatic hydroxyl groups is 2. The SMILES string of the molecule is CCCC(O)C(O)C(C)CC. The van der Waals surface area contributed by atoms with Crippen LogP contribution in [0.5, 0.6) is 0 Å². The van der Waals surface area contributed by atoms with Gasteiger partial charge >= 0.3 is 0 Å². The molecule has 0 bridgehead atoms. The van der Waals surface area contributed by atoms with Crippen LogP contribution in [-0.2, 0) is 0 Å². The quantitative estimate of drug-likeness (QED) is 0.640. The van der Waals surface area contributed by atoms with Crippen molar-refractivity contribution in [2.24, 2.45) is 5.92 Å². The molecule has 0 aliphatic carbocycles. The number of hydrogen-bond acceptors (Lipinski definition) is 2. The van der Waals surface area contributed by atoms with Gasteiger partial charge in [0.05, 0.1) is 12.2 Å². The molecule has 0 rings (SSSR count). The van der Waals surface area contributed by atoms with E-state index in [0.29, 0.717) is 6.42 Å². The maximum atomic E-state index is 9.47. The molecule has 0 fully saturated rings. The minimum absolute atomic E-state index is 0.205. The van der Waals surface area contributed by atoms with Crippen molar-refractivity contribution in [2.45, 2.75) is 52.2 Å². The summed E-state index contributed by atoms with van der Waals surface area (Å²) in [6.07, 6.45) is 1.47. The van der Waals surface area contributed by atoms with E-state index in [9.17, 15) is 10.2 Å². The molecule has 0 saturated carbocycles. The highest BCUT2D eigenvalue weighted by Gasteiger charge is 2.20. The van der Waals surface area contributed by atoms with Gasteiger partial charge in [0.1, 0.15) is 0 Å². The van der Waals surface area contributed by atoms with Gasteiger partial charge in [0, 0.05) is 0 Å². The van der Waals surface area contributed by atoms with E-state index in [0.717, 1.165) is 12.8 Å². The van der Waals surface area contributed by atoms with Crippen molar-refractivity contribution in [3.05, 3.63) is 0 Å². The van der Waals surface area contributed by atoms with Crippen LogP contribution in [0.4, 0.5) is 0 Å². The average Bonchev–Trinajstić information content (AvgIpc) is 2.02. The number of hydrogen-bond donors (Lipinski definition) is 2. The van der Waals surface area contributed by atoms with Gasteiger partial charge in [-0.2, -0.15) is 0 Å². The topological polar surface area (TPSA) is 40.5 Å². The van der Waals surface area contributed by atoms with Crippen molar-refractivity contribution in [1.82, 2.24) is 0 Å². The minimum Gasteiger partial charge on any atom is -0.390 e. The summed E-state index contributed by atoms with van der Waals surface area (Å²) in [5, 5.41) is 18.8. The maximum Gasteiger partial charge on any atom is 0.0824 e. The third-order valence-electron chi connectivity index (χ3n) is 2.21. The van der Waals surface area contributed by atoms with Gasteiger partial charge in [-0.05, 0) is 12.3 Å². The summed E-state index contributed by atoms with van der Waals surface area (Å²) in [7, 11) is 0. The first-order chi connectivity index (χ1) is 5.13. The first-order valence-electron chi connectivity index (χ1n) is 4.49. The summed E-state index contributed by atoms with van der Waals surface area (Å²) < 4.78 is 0. The molecular weight excluding hydrogens is 140 g/mol. The van der Waals surface area contributed by atoms with Crippen molar-refractivity contribution < 1.29 is 10.2 Å². The lowest BCUT2D eigenvalue weighted by molar-refractivity contribution is -0.0176. The molecule has 0 aromatic rings. The van der Waals surface area contributed by atoms with Crippen molar-refractivity contribution in [1.29, 1.82) is 0 Å². The van der Waals surface area contributed by atoms with Gasteiger partial charge in [-0.25, -0.2) is 0 Å². The Morgan fingerprint density at radius 3 is 2.09 bits per heavy atom. The number of aliphatic hydroxyl groups excluding tert-OH is 2. The Labute approximate surface area is 69.2 Å². The molecule has 3 atom stereocenters. The molecule has 2 N–H and O–H groups in total. The highest BCUT2D eigenvalue weighted by Crippen LogP contribution is 2.13. The second-order valence-corrected chi connectivity index (χ2v) is 3.23. The first-order valence-corrected chi connectivity index (χ1v) is 4.49. The van der Waals surface area contributed by atoms with E-state index in [-0.39, 0.29) is 5.92 Å². The molecule has 2 heteroatoms. The molecule has 3 unspecified atom stereocenters. The molecule has 0 heterocycles. The van der Waals surface area contributed by atoms with Crippen molar-refractivity contribution in [2.75, 3.05) is 0 Å². The average molecular weight is 160 g/mol. The van der Waals surface area contributed by atoms with Crippen molar-refractivity contribution in [3.8, 4) is 0 Å². The summed E-state index contributed by atoms with van der Waals surface area (Å²) in [6, 6.07) is 0. The zero-order chi connectivity index (χ0) is 8.85. The lowest BCUT2D eigenvalue weighted by atomic mass is 9.95. The van der Waals surface area contributed by atoms with Gasteiger partial charge in [-0.15, -0.1) is 0 Å². The molecule has 0 aliphatic rings. The van der Waals surface area contributed by atoms with E-state index in [1.807, 2.05) is 20.8 Å². The monoisotopic (exact) mass is 160 g/mol. The molecular formula is C9H20O2. The second-order valence-electron chi connectivity index (χ2n) is 3.23. The zero-order valence-corrected chi connectivity index (χ0v) is 7.75. The lowest BCUT2D eigenvalue weighted by Gasteiger charge is -2.22. The predicted octanol–water partition coefficient (Wildman–Crippen LogP) is 1.55. The predicted molar refractivity (Wildman–Crippen MR) is 46.4 cm³/mol. The standard InChI is InChI=1S/C9H20O2/c1-4-6-8(10)9(11)7(3)5-2/h7-11H,4-6H2,1-3H3. The third kappa shape index (κ3) is 3.73. The van der Waals surface area contributed by atoms with Gasteiger partial charge in [0.25, 0.3) is 0 Å². The summed E-state index contributed by atoms with van der Waals surface area (Å²) in [5.74, 6) is 0.205. The Morgan fingerprint density at radius 2 is 1.73 bits per heavy atom. The smallest absolute Gasteiger partial charge is 0.0824 e. The molecule has 0 amide bonds. The largest absolute Gasteiger partial charge is 0.390 e. The van der Waals surface area contributed by atoms with Crippen molar-refractivity contribution >= 4 is 0 Å². The van der Waals surface area contributed by atoms with E-state index in [1.165, 1.54) is 0 Å². The van der Waals surface area contributed by atoms with Crippen LogP contribution in [0, 0.1) is 5.92 Å². The highest BCUT2D eigenvalue weighted by atomic mass is 16.3. The second kappa shape index (κ2) is 5.56. The molecule has 0 radical (unpaired) electrons. The van der Waals surface area contributed by atoms with Crippen LogP contribution in [0.2, 0.25) is 0 Å². The zero-order valence-electron chi connectivity index (χ0n) is 7.75. The van der Waals surface area contributed by atoms with Gasteiger partial charge < -0.3 is 10.2 Å². The minimum atomic E-state index is -0.542. The molecule has 0 aromatic carbocycles. The molecule has 2 nitrogen and oxygen atoms in total. The molecule has 68 valence electrons. The van der Waals surface area contributed by atoms with E-state index in [4.69, 9.17) is 0 Å². The summed E-state index contributed by atoms with van der Waals surface area (Å²) in [5.41, 5.74) is 0. The van der Waals surface area contributed by atoms with E-state index < -0.39 is 12.2 Å². The summed E-state index contributed by atoms with van der Waals surface area (Å²) in [4.78, 5) is 0. The van der Waals surface area contributed by atoms with E-state index in [2.05, 4.69) is 0 Å². The molecule has 0 spiro atoms. The van der Waals surface area contributed by atoms with Crippen LogP contribution >= 0.6 is 0 Å². The fraction of sp³-hybridized carbons (Fsp3) is 1.00. The van der Waals surface area contributed by atoms with Gasteiger partial charge in [0.2, 0.25) is 0 Å². The molecule has 0 aromatic heterocycles. The van der Waals surface area contributed by atoms with Gasteiger partial charge in [-0.1, -0.05) is 33.6 Å². The van der Waals surface area contributed by atoms with Gasteiger partial charge in [0.15, 0.2) is 0 Å². The molecule has 11 heavy (non-hydrogen) atoms. The lowest BCUT2D eigenvalue weighted by Crippen LogP contribution is -2.31. The number of rotatable bonds is 5. The van der Waals surface area contributed by atoms with Gasteiger partial charge in [-0.3, -0.25) is 0 Å². The fourth-order valence-corrected chi connectivity index (χ4v) is 1.09. The van der Waals surface area contributed by atoms with Crippen LogP contribution in [0.25, 0.3) is 0 Å². The van der Waals surface area contributed by atoms with Crippen LogP contribution in [0.3, 0.4) is 0 Å². The maximum absolute atomic E-state index is 9.47. The van der Waals surface area contributed by atoms with E-state index >= 15 is 0 Å². The Morgan fingerprint density at radius 1 is 1.18 bits per heavy atom. The van der Waals surface area contributed by atoms with Crippen LogP contribution < -0.4 is 0 Å². The Hall–Kier alpha value is -0.0800. The van der Waals surface area contributed by atoms with Crippen molar-refractivity contribution in [3.63, 3.8) is 0 Å². The molecule has 0 aliphatic heterocycles. The first kappa shape index (κ1) is 10.9. The van der Waals surface area contributed by atoms with E-state index in [1.54, 1.807) is 0 Å². The normalized spacial score (nSPS) is 19.4. The Kier molecular flexibility index (Phi) is 5.51. The molecule has 0 saturated heterocycles. The Bertz CT molecular complexity index is 93.6. The fourth-order valence-electron chi connectivity index (χ4n) is 1.09. The van der Waals surface area contributed by atoms with Crippen LogP contribution in [0.1, 0.15) is 40.0 Å². The third-order valence-corrected chi connectivity index (χ3v) is 2.21.